The van der Waals surface area contributed by atoms with E-state index in [9.17, 15) is 4.79 Å². The molecular formula is C17H24N2O2. The molecule has 1 unspecified atom stereocenters. The summed E-state index contributed by atoms with van der Waals surface area (Å²) in [7, 11) is 1.83. The first-order valence-electron chi connectivity index (χ1n) is 7.49. The Morgan fingerprint density at radius 1 is 1.38 bits per heavy atom. The van der Waals surface area contributed by atoms with Crippen molar-refractivity contribution in [2.75, 3.05) is 13.6 Å². The Labute approximate surface area is 126 Å². The lowest BCUT2D eigenvalue weighted by atomic mass is 10.0. The van der Waals surface area contributed by atoms with E-state index in [1.807, 2.05) is 7.05 Å². The third kappa shape index (κ3) is 4.31. The van der Waals surface area contributed by atoms with E-state index in [1.54, 1.807) is 4.90 Å². The highest BCUT2D eigenvalue weighted by atomic mass is 16.6. The molecule has 1 aliphatic heterocycles. The van der Waals surface area contributed by atoms with Gasteiger partial charge in [-0.3, -0.25) is 4.79 Å². The molecule has 1 heterocycles. The molecule has 0 bridgehead atoms. The van der Waals surface area contributed by atoms with Crippen molar-refractivity contribution in [1.82, 2.24) is 4.90 Å². The average molecular weight is 288 g/mol. The number of benzene rings is 1. The van der Waals surface area contributed by atoms with Gasteiger partial charge in [0, 0.05) is 19.9 Å². The van der Waals surface area contributed by atoms with Gasteiger partial charge in [0.05, 0.1) is 12.3 Å². The summed E-state index contributed by atoms with van der Waals surface area (Å²) in [6, 6.07) is 8.27. The maximum atomic E-state index is 12.0. The van der Waals surface area contributed by atoms with Crippen LogP contribution < -0.4 is 0 Å². The van der Waals surface area contributed by atoms with E-state index in [1.165, 1.54) is 5.56 Å². The second kappa shape index (κ2) is 6.74. The summed E-state index contributed by atoms with van der Waals surface area (Å²) in [5.74, 6) is 0.543. The van der Waals surface area contributed by atoms with E-state index >= 15 is 0 Å². The highest BCUT2D eigenvalue weighted by Crippen LogP contribution is 2.18. The molecule has 1 amide bonds. The second-order valence-corrected chi connectivity index (χ2v) is 6.21. The van der Waals surface area contributed by atoms with Crippen LogP contribution in [0.5, 0.6) is 0 Å². The summed E-state index contributed by atoms with van der Waals surface area (Å²) in [4.78, 5) is 19.2. The van der Waals surface area contributed by atoms with Crippen LogP contribution in [-0.2, 0) is 9.63 Å². The molecule has 1 aromatic rings. The molecule has 4 nitrogen and oxygen atoms in total. The summed E-state index contributed by atoms with van der Waals surface area (Å²) >= 11 is 0. The minimum atomic E-state index is -0.0394. The molecule has 0 aromatic heterocycles. The summed E-state index contributed by atoms with van der Waals surface area (Å²) in [6.45, 7) is 6.76. The molecule has 0 N–H and O–H groups in total. The van der Waals surface area contributed by atoms with Crippen LogP contribution in [0.3, 0.4) is 0 Å². The Balaban J connectivity index is 1.87. The minimum absolute atomic E-state index is 0.0394. The molecule has 2 rings (SSSR count). The average Bonchev–Trinajstić information content (AvgIpc) is 2.87. The van der Waals surface area contributed by atoms with E-state index in [2.05, 4.69) is 50.2 Å². The van der Waals surface area contributed by atoms with Crippen molar-refractivity contribution >= 4 is 11.6 Å². The first-order chi connectivity index (χ1) is 9.95. The maximum Gasteiger partial charge on any atom is 0.222 e. The van der Waals surface area contributed by atoms with Gasteiger partial charge in [-0.15, -0.1) is 0 Å². The lowest BCUT2D eigenvalue weighted by Crippen LogP contribution is -2.35. The number of aryl methyl sites for hydroxylation is 1. The number of carbonyl (C=O) groups excluding carboxylic acids is 1. The summed E-state index contributed by atoms with van der Waals surface area (Å²) in [5, 5.41) is 4.17. The minimum Gasteiger partial charge on any atom is -0.390 e. The predicted octanol–water partition coefficient (Wildman–Crippen LogP) is 2.99. The monoisotopic (exact) mass is 288 g/mol. The zero-order valence-electron chi connectivity index (χ0n) is 13.3. The number of amides is 1. The number of nitrogens with zero attached hydrogens (tertiary/aromatic N) is 2. The fraction of sp³-hybridized carbons (Fsp3) is 0.529. The molecule has 0 radical (unpaired) electrons. The van der Waals surface area contributed by atoms with E-state index in [0.717, 1.165) is 17.7 Å². The summed E-state index contributed by atoms with van der Waals surface area (Å²) in [5.41, 5.74) is 3.29. The summed E-state index contributed by atoms with van der Waals surface area (Å²) < 4.78 is 0. The highest BCUT2D eigenvalue weighted by Gasteiger charge is 2.25. The number of hydrogen-bond acceptors (Lipinski definition) is 3. The maximum absolute atomic E-state index is 12.0. The predicted molar refractivity (Wildman–Crippen MR) is 84.3 cm³/mol. The number of oxime groups is 1. The molecular weight excluding hydrogens is 264 g/mol. The molecule has 114 valence electrons. The van der Waals surface area contributed by atoms with Crippen LogP contribution in [0.2, 0.25) is 0 Å². The normalized spacial score (nSPS) is 17.6. The van der Waals surface area contributed by atoms with Gasteiger partial charge in [-0.2, -0.15) is 0 Å². The third-order valence-electron chi connectivity index (χ3n) is 3.60. The quantitative estimate of drug-likeness (QED) is 0.836. The van der Waals surface area contributed by atoms with Crippen molar-refractivity contribution in [1.29, 1.82) is 0 Å². The van der Waals surface area contributed by atoms with Crippen molar-refractivity contribution in [3.05, 3.63) is 35.4 Å². The zero-order valence-corrected chi connectivity index (χ0v) is 13.3. The molecule has 4 heteroatoms. The van der Waals surface area contributed by atoms with Gasteiger partial charge in [0.15, 0.2) is 6.10 Å². The number of hydrogen-bond donors (Lipinski definition) is 0. The first kappa shape index (κ1) is 15.5. The van der Waals surface area contributed by atoms with Crippen molar-refractivity contribution < 1.29 is 9.63 Å². The standard InChI is InChI=1S/C17H24N2O2/c1-12(2)9-17(20)19(4)11-15-10-16(18-21-15)14-7-5-13(3)6-8-14/h5-8,12,15H,9-11H2,1-4H3. The largest absolute Gasteiger partial charge is 0.390 e. The SMILES string of the molecule is Cc1ccc(C2=NOC(CN(C)C(=O)CC(C)C)C2)cc1. The number of likely N-dealkylation sites (N-methyl/N-ethyl adjacent to an activating group) is 1. The molecule has 1 aromatic carbocycles. The van der Waals surface area contributed by atoms with Gasteiger partial charge in [-0.05, 0) is 18.4 Å². The van der Waals surface area contributed by atoms with Crippen LogP contribution in [0.15, 0.2) is 29.4 Å². The van der Waals surface area contributed by atoms with Gasteiger partial charge < -0.3 is 9.74 Å². The van der Waals surface area contributed by atoms with Crippen LogP contribution in [0.25, 0.3) is 0 Å². The molecule has 1 atom stereocenters. The van der Waals surface area contributed by atoms with E-state index in [0.29, 0.717) is 18.9 Å². The number of rotatable bonds is 5. The van der Waals surface area contributed by atoms with E-state index in [-0.39, 0.29) is 12.0 Å². The third-order valence-corrected chi connectivity index (χ3v) is 3.60. The van der Waals surface area contributed by atoms with Crippen LogP contribution in [0, 0.1) is 12.8 Å². The van der Waals surface area contributed by atoms with Crippen molar-refractivity contribution in [3.8, 4) is 0 Å². The summed E-state index contributed by atoms with van der Waals surface area (Å²) in [6.07, 6.45) is 1.29. The van der Waals surface area contributed by atoms with E-state index < -0.39 is 0 Å². The topological polar surface area (TPSA) is 41.9 Å². The first-order valence-corrected chi connectivity index (χ1v) is 7.49. The molecule has 1 aliphatic rings. The van der Waals surface area contributed by atoms with Crippen LogP contribution >= 0.6 is 0 Å². The van der Waals surface area contributed by atoms with Gasteiger partial charge in [0.2, 0.25) is 5.91 Å². The number of carbonyl (C=O) groups is 1. The molecule has 0 saturated heterocycles. The molecule has 21 heavy (non-hydrogen) atoms. The van der Waals surface area contributed by atoms with Gasteiger partial charge in [-0.1, -0.05) is 48.8 Å². The van der Waals surface area contributed by atoms with Crippen LogP contribution in [0.1, 0.15) is 37.8 Å². The second-order valence-electron chi connectivity index (χ2n) is 6.21. The Morgan fingerprint density at radius 3 is 2.67 bits per heavy atom. The van der Waals surface area contributed by atoms with Gasteiger partial charge >= 0.3 is 0 Å². The van der Waals surface area contributed by atoms with Crippen molar-refractivity contribution in [3.63, 3.8) is 0 Å². The van der Waals surface area contributed by atoms with Crippen LogP contribution in [0.4, 0.5) is 0 Å². The van der Waals surface area contributed by atoms with Gasteiger partial charge in [0.25, 0.3) is 0 Å². The fourth-order valence-corrected chi connectivity index (χ4v) is 2.36. The molecule has 0 fully saturated rings. The van der Waals surface area contributed by atoms with E-state index in [4.69, 9.17) is 4.84 Å². The molecule has 0 spiro atoms. The van der Waals surface area contributed by atoms with Crippen molar-refractivity contribution in [2.24, 2.45) is 11.1 Å². The Bertz CT molecular complexity index is 520. The molecule has 0 aliphatic carbocycles. The Hall–Kier alpha value is -1.84. The van der Waals surface area contributed by atoms with Crippen molar-refractivity contribution in [2.45, 2.75) is 39.7 Å². The van der Waals surface area contributed by atoms with Crippen LogP contribution in [-0.4, -0.2) is 36.2 Å². The Morgan fingerprint density at radius 2 is 2.05 bits per heavy atom. The fourth-order valence-electron chi connectivity index (χ4n) is 2.36. The zero-order chi connectivity index (χ0) is 15.4. The van der Waals surface area contributed by atoms with Gasteiger partial charge in [0.1, 0.15) is 0 Å². The van der Waals surface area contributed by atoms with Gasteiger partial charge in [-0.25, -0.2) is 0 Å². The highest BCUT2D eigenvalue weighted by molar-refractivity contribution is 6.01. The smallest absolute Gasteiger partial charge is 0.222 e. The lowest BCUT2D eigenvalue weighted by Gasteiger charge is -2.20. The Kier molecular flexibility index (Phi) is 4.99. The lowest BCUT2D eigenvalue weighted by molar-refractivity contribution is -0.132. The molecule has 0 saturated carbocycles.